The normalized spacial score (nSPS) is 10.0. The molecule has 1 aromatic carbocycles. The summed E-state index contributed by atoms with van der Waals surface area (Å²) in [4.78, 5) is 5.00. The van der Waals surface area contributed by atoms with E-state index in [4.69, 9.17) is 11.0 Å². The Morgan fingerprint density at radius 2 is 2.22 bits per heavy atom. The molecule has 0 saturated carbocycles. The Labute approximate surface area is 111 Å². The molecule has 0 amide bonds. The van der Waals surface area contributed by atoms with Crippen LogP contribution in [0.4, 0.5) is 5.69 Å². The fourth-order valence-corrected chi connectivity index (χ4v) is 2.62. The fourth-order valence-electron chi connectivity index (χ4n) is 1.61. The number of hydrogen-bond acceptors (Lipinski definition) is 4. The van der Waals surface area contributed by atoms with Crippen molar-refractivity contribution >= 4 is 17.4 Å². The lowest BCUT2D eigenvalue weighted by Crippen LogP contribution is -1.91. The molecule has 0 saturated heterocycles. The van der Waals surface area contributed by atoms with Crippen molar-refractivity contribution in [3.05, 3.63) is 53.3 Å². The first-order valence-electron chi connectivity index (χ1n) is 5.52. The summed E-state index contributed by atoms with van der Waals surface area (Å²) >= 11 is 1.68. The molecule has 0 radical (unpaired) electrons. The highest BCUT2D eigenvalue weighted by Gasteiger charge is 2.03. The lowest BCUT2D eigenvalue weighted by molar-refractivity contribution is 1.25. The van der Waals surface area contributed by atoms with Gasteiger partial charge in [0.05, 0.1) is 23.5 Å². The second-order valence-corrected chi connectivity index (χ2v) is 4.97. The zero-order chi connectivity index (χ0) is 13.0. The van der Waals surface area contributed by atoms with Gasteiger partial charge in [-0.3, -0.25) is 4.98 Å². The first-order valence-corrected chi connectivity index (χ1v) is 6.51. The average Bonchev–Trinajstić information content (AvgIpc) is 2.39. The summed E-state index contributed by atoms with van der Waals surface area (Å²) in [5.74, 6) is 0.839. The number of hydrogen-bond donors (Lipinski definition) is 1. The van der Waals surface area contributed by atoms with E-state index >= 15 is 0 Å². The summed E-state index contributed by atoms with van der Waals surface area (Å²) in [6.07, 6.45) is 3.40. The summed E-state index contributed by atoms with van der Waals surface area (Å²) in [5.41, 5.74) is 9.59. The highest BCUT2D eigenvalue weighted by Crippen LogP contribution is 2.28. The molecule has 1 heterocycles. The molecule has 90 valence electrons. The number of nitrogen functional groups attached to an aromatic ring is 1. The van der Waals surface area contributed by atoms with Crippen molar-refractivity contribution in [1.82, 2.24) is 4.98 Å². The van der Waals surface area contributed by atoms with E-state index in [0.29, 0.717) is 11.3 Å². The number of nitrogens with two attached hydrogens (primary N) is 1. The lowest BCUT2D eigenvalue weighted by Gasteiger charge is -2.07. The van der Waals surface area contributed by atoms with Gasteiger partial charge in [0.25, 0.3) is 0 Å². The lowest BCUT2D eigenvalue weighted by atomic mass is 10.1. The van der Waals surface area contributed by atoms with Crippen LogP contribution in [0.15, 0.2) is 41.6 Å². The average molecular weight is 255 g/mol. The Morgan fingerprint density at radius 1 is 1.39 bits per heavy atom. The molecule has 1 aromatic heterocycles. The number of rotatable bonds is 3. The monoisotopic (exact) mass is 255 g/mol. The van der Waals surface area contributed by atoms with Gasteiger partial charge in [-0.15, -0.1) is 11.8 Å². The van der Waals surface area contributed by atoms with Crippen LogP contribution in [-0.4, -0.2) is 4.98 Å². The van der Waals surface area contributed by atoms with Crippen LogP contribution in [0.3, 0.4) is 0 Å². The highest BCUT2D eigenvalue weighted by molar-refractivity contribution is 7.98. The maximum absolute atomic E-state index is 8.82. The van der Waals surface area contributed by atoms with Crippen molar-refractivity contribution in [3.63, 3.8) is 0 Å². The third kappa shape index (κ3) is 2.82. The van der Waals surface area contributed by atoms with Crippen molar-refractivity contribution in [2.75, 3.05) is 5.73 Å². The minimum absolute atomic E-state index is 0.699. The van der Waals surface area contributed by atoms with E-state index in [9.17, 15) is 0 Å². The van der Waals surface area contributed by atoms with Crippen LogP contribution in [0.25, 0.3) is 0 Å². The van der Waals surface area contributed by atoms with Crippen molar-refractivity contribution in [3.8, 4) is 6.07 Å². The first kappa shape index (κ1) is 12.5. The summed E-state index contributed by atoms with van der Waals surface area (Å²) in [5, 5.41) is 8.82. The molecule has 0 aliphatic carbocycles. The number of nitrogens with zero attached hydrogens (tertiary/aromatic N) is 2. The number of aryl methyl sites for hydroxylation is 1. The summed E-state index contributed by atoms with van der Waals surface area (Å²) in [6, 6.07) is 9.81. The van der Waals surface area contributed by atoms with Crippen LogP contribution >= 0.6 is 11.8 Å². The standard InChI is InChI=1S/C14H13N3S/c1-10-6-11(7-15)2-3-12(10)9-18-14-4-5-17-8-13(14)16/h2-6,8H,9,16H2,1H3. The van der Waals surface area contributed by atoms with Gasteiger partial charge in [0.1, 0.15) is 0 Å². The van der Waals surface area contributed by atoms with Crippen molar-refractivity contribution < 1.29 is 0 Å². The van der Waals surface area contributed by atoms with Crippen LogP contribution in [-0.2, 0) is 5.75 Å². The Balaban J connectivity index is 2.12. The number of benzene rings is 1. The maximum Gasteiger partial charge on any atom is 0.0991 e. The molecule has 0 aliphatic rings. The molecular weight excluding hydrogens is 242 g/mol. The number of aromatic nitrogens is 1. The molecule has 2 aromatic rings. The SMILES string of the molecule is Cc1cc(C#N)ccc1CSc1ccncc1N. The van der Waals surface area contributed by atoms with E-state index in [-0.39, 0.29) is 0 Å². The van der Waals surface area contributed by atoms with Gasteiger partial charge in [0.15, 0.2) is 0 Å². The predicted octanol–water partition coefficient (Wildman–Crippen LogP) is 3.14. The van der Waals surface area contributed by atoms with Crippen molar-refractivity contribution in [2.45, 2.75) is 17.6 Å². The minimum Gasteiger partial charge on any atom is -0.397 e. The van der Waals surface area contributed by atoms with Crippen LogP contribution in [0.5, 0.6) is 0 Å². The van der Waals surface area contributed by atoms with E-state index in [0.717, 1.165) is 16.2 Å². The molecular formula is C14H13N3S. The van der Waals surface area contributed by atoms with Gasteiger partial charge in [-0.2, -0.15) is 5.26 Å². The van der Waals surface area contributed by atoms with Gasteiger partial charge >= 0.3 is 0 Å². The zero-order valence-electron chi connectivity index (χ0n) is 10.1. The third-order valence-corrected chi connectivity index (χ3v) is 3.80. The second kappa shape index (κ2) is 5.56. The number of pyridine rings is 1. The Morgan fingerprint density at radius 3 is 2.89 bits per heavy atom. The van der Waals surface area contributed by atoms with E-state index < -0.39 is 0 Å². The molecule has 2 N–H and O–H groups in total. The predicted molar refractivity (Wildman–Crippen MR) is 74.1 cm³/mol. The molecule has 0 unspecified atom stereocenters. The third-order valence-electron chi connectivity index (χ3n) is 2.66. The highest BCUT2D eigenvalue weighted by atomic mass is 32.2. The number of thioether (sulfide) groups is 1. The van der Waals surface area contributed by atoms with E-state index in [1.165, 1.54) is 5.56 Å². The molecule has 3 nitrogen and oxygen atoms in total. The van der Waals surface area contributed by atoms with E-state index in [1.54, 1.807) is 24.2 Å². The Hall–Kier alpha value is -1.99. The second-order valence-electron chi connectivity index (χ2n) is 3.96. The molecule has 2 rings (SSSR count). The van der Waals surface area contributed by atoms with E-state index in [2.05, 4.69) is 11.1 Å². The van der Waals surface area contributed by atoms with Gasteiger partial charge in [-0.25, -0.2) is 0 Å². The topological polar surface area (TPSA) is 62.7 Å². The van der Waals surface area contributed by atoms with Crippen molar-refractivity contribution in [1.29, 1.82) is 5.26 Å². The first-order chi connectivity index (χ1) is 8.70. The molecule has 0 bridgehead atoms. The van der Waals surface area contributed by atoms with Crippen LogP contribution in [0, 0.1) is 18.3 Å². The molecule has 0 aliphatic heterocycles. The van der Waals surface area contributed by atoms with Gasteiger partial charge in [-0.05, 0) is 36.2 Å². The van der Waals surface area contributed by atoms with Crippen LogP contribution in [0.1, 0.15) is 16.7 Å². The van der Waals surface area contributed by atoms with Gasteiger partial charge in [0, 0.05) is 16.8 Å². The Bertz CT molecular complexity index is 602. The smallest absolute Gasteiger partial charge is 0.0991 e. The van der Waals surface area contributed by atoms with Gasteiger partial charge in [-0.1, -0.05) is 6.07 Å². The summed E-state index contributed by atoms with van der Waals surface area (Å²) < 4.78 is 0. The number of anilines is 1. The van der Waals surface area contributed by atoms with Crippen molar-refractivity contribution in [2.24, 2.45) is 0 Å². The fraction of sp³-hybridized carbons (Fsp3) is 0.143. The quantitative estimate of drug-likeness (QED) is 0.856. The number of nitriles is 1. The molecule has 0 spiro atoms. The molecule has 4 heteroatoms. The van der Waals surface area contributed by atoms with E-state index in [1.807, 2.05) is 31.2 Å². The summed E-state index contributed by atoms with van der Waals surface area (Å²) in [7, 11) is 0. The zero-order valence-corrected chi connectivity index (χ0v) is 10.9. The molecule has 18 heavy (non-hydrogen) atoms. The van der Waals surface area contributed by atoms with Gasteiger partial charge < -0.3 is 5.73 Å². The molecule has 0 atom stereocenters. The molecule has 0 fully saturated rings. The van der Waals surface area contributed by atoms with Crippen LogP contribution < -0.4 is 5.73 Å². The van der Waals surface area contributed by atoms with Crippen LogP contribution in [0.2, 0.25) is 0 Å². The summed E-state index contributed by atoms with van der Waals surface area (Å²) in [6.45, 7) is 2.02. The largest absolute Gasteiger partial charge is 0.397 e. The maximum atomic E-state index is 8.82. The minimum atomic E-state index is 0.699. The van der Waals surface area contributed by atoms with Gasteiger partial charge in [0.2, 0.25) is 0 Å². The Kier molecular flexibility index (Phi) is 3.85.